The lowest BCUT2D eigenvalue weighted by atomic mass is 10.2. The molecule has 0 saturated carbocycles. The summed E-state index contributed by atoms with van der Waals surface area (Å²) in [5.41, 5.74) is 0.329. The van der Waals surface area contributed by atoms with Crippen molar-refractivity contribution < 1.29 is 23.1 Å². The Labute approximate surface area is 101 Å². The minimum absolute atomic E-state index is 0.170. The van der Waals surface area contributed by atoms with E-state index in [1.54, 1.807) is 0 Å². The molecule has 0 radical (unpaired) electrons. The average molecular weight is 253 g/mol. The molecule has 1 aliphatic rings. The third-order valence-electron chi connectivity index (χ3n) is 2.39. The van der Waals surface area contributed by atoms with Crippen molar-refractivity contribution in [3.8, 4) is 0 Å². The van der Waals surface area contributed by atoms with Gasteiger partial charge in [0.25, 0.3) is 5.91 Å². The van der Waals surface area contributed by atoms with Gasteiger partial charge in [0.1, 0.15) is 6.61 Å². The van der Waals surface area contributed by atoms with Crippen LogP contribution in [0, 0.1) is 11.6 Å². The third-order valence-corrected chi connectivity index (χ3v) is 2.39. The molecule has 1 heterocycles. The van der Waals surface area contributed by atoms with E-state index in [4.69, 9.17) is 0 Å². The zero-order chi connectivity index (χ0) is 13.1. The van der Waals surface area contributed by atoms with Crippen LogP contribution in [0.3, 0.4) is 0 Å². The van der Waals surface area contributed by atoms with Gasteiger partial charge in [-0.2, -0.15) is 0 Å². The molecule has 4 nitrogen and oxygen atoms in total. The molecule has 0 unspecified atom stereocenters. The van der Waals surface area contributed by atoms with E-state index < -0.39 is 23.6 Å². The van der Waals surface area contributed by atoms with Crippen LogP contribution in [0.5, 0.6) is 0 Å². The first-order valence-corrected chi connectivity index (χ1v) is 5.19. The Bertz CT molecular complexity index is 528. The van der Waals surface area contributed by atoms with Crippen LogP contribution in [0.1, 0.15) is 5.56 Å². The molecule has 2 rings (SSSR count). The maximum atomic E-state index is 12.9. The van der Waals surface area contributed by atoms with Gasteiger partial charge in [0.05, 0.1) is 6.54 Å². The summed E-state index contributed by atoms with van der Waals surface area (Å²) in [6.45, 7) is 0.364. The van der Waals surface area contributed by atoms with Crippen molar-refractivity contribution in [2.24, 2.45) is 0 Å². The molecule has 0 bridgehead atoms. The van der Waals surface area contributed by atoms with Crippen LogP contribution in [-0.2, 0) is 9.53 Å². The highest BCUT2D eigenvalue weighted by Crippen LogP contribution is 2.11. The van der Waals surface area contributed by atoms with E-state index in [1.807, 2.05) is 0 Å². The number of amides is 2. The number of halogens is 2. The predicted octanol–water partition coefficient (Wildman–Crippen LogP) is 1.96. The summed E-state index contributed by atoms with van der Waals surface area (Å²) >= 11 is 0. The molecule has 2 amide bonds. The predicted molar refractivity (Wildman–Crippen MR) is 58.5 cm³/mol. The van der Waals surface area contributed by atoms with E-state index in [1.165, 1.54) is 12.1 Å². The molecule has 0 spiro atoms. The average Bonchev–Trinajstić information content (AvgIpc) is 2.77. The van der Waals surface area contributed by atoms with Gasteiger partial charge in [0.2, 0.25) is 0 Å². The molecule has 0 aliphatic carbocycles. The fourth-order valence-electron chi connectivity index (χ4n) is 1.47. The number of hydrogen-bond donors (Lipinski definition) is 0. The van der Waals surface area contributed by atoms with Gasteiger partial charge < -0.3 is 4.74 Å². The molecule has 0 atom stereocenters. The standard InChI is InChI=1S/C12H9F2NO3/c13-9-3-1-8(7-10(9)14)2-4-11(16)15-5-6-18-12(15)17/h1-4,7H,5-6H2/b4-2+. The van der Waals surface area contributed by atoms with E-state index in [-0.39, 0.29) is 13.2 Å². The second-order valence-electron chi connectivity index (χ2n) is 3.61. The molecule has 94 valence electrons. The molecule has 0 aromatic heterocycles. The number of ether oxygens (including phenoxy) is 1. The van der Waals surface area contributed by atoms with Crippen LogP contribution in [0.25, 0.3) is 6.08 Å². The van der Waals surface area contributed by atoms with E-state index in [0.717, 1.165) is 23.1 Å². The van der Waals surface area contributed by atoms with Gasteiger partial charge >= 0.3 is 6.09 Å². The molecule has 0 N–H and O–H groups in total. The van der Waals surface area contributed by atoms with E-state index >= 15 is 0 Å². The van der Waals surface area contributed by atoms with Crippen molar-refractivity contribution >= 4 is 18.1 Å². The first-order valence-electron chi connectivity index (χ1n) is 5.19. The highest BCUT2D eigenvalue weighted by atomic mass is 19.2. The monoisotopic (exact) mass is 253 g/mol. The normalized spacial score (nSPS) is 15.2. The van der Waals surface area contributed by atoms with E-state index in [0.29, 0.717) is 5.56 Å². The fourth-order valence-corrected chi connectivity index (χ4v) is 1.47. The van der Waals surface area contributed by atoms with Crippen LogP contribution in [-0.4, -0.2) is 30.1 Å². The number of rotatable bonds is 2. The summed E-state index contributed by atoms with van der Waals surface area (Å²) in [6.07, 6.45) is 1.71. The van der Waals surface area contributed by atoms with Crippen LogP contribution in [0.4, 0.5) is 13.6 Å². The summed E-state index contributed by atoms with van der Waals surface area (Å²) < 4.78 is 30.1. The van der Waals surface area contributed by atoms with Crippen molar-refractivity contribution in [1.82, 2.24) is 4.90 Å². The van der Waals surface area contributed by atoms with Crippen molar-refractivity contribution in [2.75, 3.05) is 13.2 Å². The summed E-state index contributed by atoms with van der Waals surface area (Å²) in [6, 6.07) is 3.25. The van der Waals surface area contributed by atoms with E-state index in [2.05, 4.69) is 4.74 Å². The Morgan fingerprint density at radius 2 is 2.11 bits per heavy atom. The van der Waals surface area contributed by atoms with Gasteiger partial charge in [-0.1, -0.05) is 6.07 Å². The fraction of sp³-hybridized carbons (Fsp3) is 0.167. The van der Waals surface area contributed by atoms with Crippen molar-refractivity contribution in [3.63, 3.8) is 0 Å². The minimum Gasteiger partial charge on any atom is -0.447 e. The third kappa shape index (κ3) is 2.53. The van der Waals surface area contributed by atoms with Crippen LogP contribution in [0.2, 0.25) is 0 Å². The Hall–Kier alpha value is -2.24. The van der Waals surface area contributed by atoms with Crippen molar-refractivity contribution in [1.29, 1.82) is 0 Å². The maximum absolute atomic E-state index is 12.9. The molecule has 1 saturated heterocycles. The Morgan fingerprint density at radius 3 is 2.72 bits per heavy atom. The second-order valence-corrected chi connectivity index (χ2v) is 3.61. The summed E-state index contributed by atoms with van der Waals surface area (Å²) in [4.78, 5) is 23.5. The van der Waals surface area contributed by atoms with Crippen LogP contribution < -0.4 is 0 Å². The molecule has 1 aromatic carbocycles. The van der Waals surface area contributed by atoms with Gasteiger partial charge in [-0.15, -0.1) is 0 Å². The van der Waals surface area contributed by atoms with Gasteiger partial charge in [-0.3, -0.25) is 4.79 Å². The van der Waals surface area contributed by atoms with Gasteiger partial charge in [-0.25, -0.2) is 18.5 Å². The molecule has 6 heteroatoms. The summed E-state index contributed by atoms with van der Waals surface area (Å²) in [7, 11) is 0. The number of nitrogens with zero attached hydrogens (tertiary/aromatic N) is 1. The lowest BCUT2D eigenvalue weighted by Gasteiger charge is -2.06. The summed E-state index contributed by atoms with van der Waals surface area (Å²) in [5.74, 6) is -2.51. The highest BCUT2D eigenvalue weighted by Gasteiger charge is 2.26. The Balaban J connectivity index is 2.08. The second kappa shape index (κ2) is 4.95. The molecule has 1 aliphatic heterocycles. The zero-order valence-electron chi connectivity index (χ0n) is 9.23. The number of carbonyl (C=O) groups excluding carboxylic acids is 2. The molecule has 1 fully saturated rings. The zero-order valence-corrected chi connectivity index (χ0v) is 9.23. The Morgan fingerprint density at radius 1 is 1.33 bits per heavy atom. The smallest absolute Gasteiger partial charge is 0.416 e. The van der Waals surface area contributed by atoms with Crippen molar-refractivity contribution in [2.45, 2.75) is 0 Å². The minimum atomic E-state index is -0.995. The maximum Gasteiger partial charge on any atom is 0.416 e. The molecule has 1 aromatic rings. The molecular formula is C12H9F2NO3. The lowest BCUT2D eigenvalue weighted by Crippen LogP contribution is -2.29. The number of imide groups is 1. The number of hydrogen-bond acceptors (Lipinski definition) is 3. The van der Waals surface area contributed by atoms with Crippen LogP contribution in [0.15, 0.2) is 24.3 Å². The largest absolute Gasteiger partial charge is 0.447 e. The first-order chi connectivity index (χ1) is 8.58. The van der Waals surface area contributed by atoms with E-state index in [9.17, 15) is 18.4 Å². The lowest BCUT2D eigenvalue weighted by molar-refractivity contribution is -0.122. The SMILES string of the molecule is O=C(/C=C/c1ccc(F)c(F)c1)N1CCOC1=O. The number of carbonyl (C=O) groups is 2. The molecule has 18 heavy (non-hydrogen) atoms. The first kappa shape index (κ1) is 12.2. The quantitative estimate of drug-likeness (QED) is 0.757. The summed E-state index contributed by atoms with van der Waals surface area (Å²) in [5, 5.41) is 0. The van der Waals surface area contributed by atoms with Crippen molar-refractivity contribution in [3.05, 3.63) is 41.5 Å². The highest BCUT2D eigenvalue weighted by molar-refractivity contribution is 6.01. The number of benzene rings is 1. The topological polar surface area (TPSA) is 46.6 Å². The molecular weight excluding hydrogens is 244 g/mol. The van der Waals surface area contributed by atoms with Crippen LogP contribution >= 0.6 is 0 Å². The van der Waals surface area contributed by atoms with Gasteiger partial charge in [0, 0.05) is 6.08 Å². The van der Waals surface area contributed by atoms with Gasteiger partial charge in [-0.05, 0) is 23.8 Å². The number of cyclic esters (lactones) is 1. The Kier molecular flexibility index (Phi) is 3.36. The van der Waals surface area contributed by atoms with Gasteiger partial charge in [0.15, 0.2) is 11.6 Å².